The Kier molecular flexibility index (Phi) is 6.52. The second-order valence-corrected chi connectivity index (χ2v) is 6.34. The lowest BCUT2D eigenvalue weighted by Crippen LogP contribution is -2.07. The Morgan fingerprint density at radius 3 is 2.48 bits per heavy atom. The lowest BCUT2D eigenvalue weighted by molar-refractivity contribution is 0.300. The SMILES string of the molecule is CCC(=CCCOc1ccc(OC)cc1)CCC1OC1(C)CC. The molecule has 0 bridgehead atoms. The first-order valence-corrected chi connectivity index (χ1v) is 8.74. The summed E-state index contributed by atoms with van der Waals surface area (Å²) in [6.45, 7) is 7.36. The standard InChI is InChI=1S/C20H30O3/c1-5-16(9-14-19-20(3,6-2)23-19)8-7-15-22-18-12-10-17(21-4)11-13-18/h8,10-13,19H,5-7,9,14-15H2,1-4H3. The third kappa shape index (κ3) is 5.28. The van der Waals surface area contributed by atoms with Crippen LogP contribution in [0.3, 0.4) is 0 Å². The van der Waals surface area contributed by atoms with Crippen molar-refractivity contribution in [3.8, 4) is 11.5 Å². The average Bonchev–Trinajstić information content (AvgIpc) is 3.25. The lowest BCUT2D eigenvalue weighted by Gasteiger charge is -2.07. The molecule has 1 aliphatic heterocycles. The molecule has 1 aliphatic rings. The lowest BCUT2D eigenvalue weighted by atomic mass is 9.98. The molecule has 1 fully saturated rings. The van der Waals surface area contributed by atoms with Gasteiger partial charge in [0.05, 0.1) is 25.4 Å². The zero-order chi connectivity index (χ0) is 16.7. The van der Waals surface area contributed by atoms with E-state index in [2.05, 4.69) is 26.8 Å². The fraction of sp³-hybridized carbons (Fsp3) is 0.600. The van der Waals surface area contributed by atoms with E-state index in [1.54, 1.807) is 7.11 Å². The van der Waals surface area contributed by atoms with Crippen molar-refractivity contribution in [3.05, 3.63) is 35.9 Å². The van der Waals surface area contributed by atoms with E-state index in [4.69, 9.17) is 14.2 Å². The summed E-state index contributed by atoms with van der Waals surface area (Å²) in [4.78, 5) is 0. The molecule has 0 aliphatic carbocycles. The van der Waals surface area contributed by atoms with Gasteiger partial charge in [-0.15, -0.1) is 0 Å². The third-order valence-corrected chi connectivity index (χ3v) is 4.80. The van der Waals surface area contributed by atoms with E-state index >= 15 is 0 Å². The number of ether oxygens (including phenoxy) is 3. The maximum absolute atomic E-state index is 5.79. The predicted molar refractivity (Wildman–Crippen MR) is 94.3 cm³/mol. The molecule has 1 heterocycles. The summed E-state index contributed by atoms with van der Waals surface area (Å²) in [5.41, 5.74) is 1.66. The number of epoxide rings is 1. The minimum Gasteiger partial charge on any atom is -0.497 e. The van der Waals surface area contributed by atoms with E-state index in [9.17, 15) is 0 Å². The Hall–Kier alpha value is -1.48. The van der Waals surface area contributed by atoms with Gasteiger partial charge in [0.1, 0.15) is 11.5 Å². The van der Waals surface area contributed by atoms with E-state index in [1.165, 1.54) is 5.57 Å². The first kappa shape index (κ1) is 17.9. The third-order valence-electron chi connectivity index (χ3n) is 4.80. The van der Waals surface area contributed by atoms with Crippen LogP contribution in [0.1, 0.15) is 52.9 Å². The number of benzene rings is 1. The molecule has 2 atom stereocenters. The van der Waals surface area contributed by atoms with Crippen molar-refractivity contribution in [1.82, 2.24) is 0 Å². The number of rotatable bonds is 10. The Balaban J connectivity index is 1.68. The zero-order valence-corrected chi connectivity index (χ0v) is 14.9. The number of hydrogen-bond acceptors (Lipinski definition) is 3. The van der Waals surface area contributed by atoms with Crippen molar-refractivity contribution in [2.45, 2.75) is 64.6 Å². The van der Waals surface area contributed by atoms with Gasteiger partial charge < -0.3 is 14.2 Å². The molecule has 0 radical (unpaired) electrons. The van der Waals surface area contributed by atoms with Crippen molar-refractivity contribution in [2.75, 3.05) is 13.7 Å². The molecule has 0 amide bonds. The molecule has 128 valence electrons. The normalized spacial score (nSPS) is 23.7. The largest absolute Gasteiger partial charge is 0.497 e. The summed E-state index contributed by atoms with van der Waals surface area (Å²) in [5, 5.41) is 0. The molecule has 0 N–H and O–H groups in total. The molecule has 0 spiro atoms. The summed E-state index contributed by atoms with van der Waals surface area (Å²) in [6.07, 6.45) is 8.23. The van der Waals surface area contributed by atoms with Crippen molar-refractivity contribution in [1.29, 1.82) is 0 Å². The van der Waals surface area contributed by atoms with E-state index in [0.29, 0.717) is 12.7 Å². The van der Waals surface area contributed by atoms with Crippen LogP contribution < -0.4 is 9.47 Å². The minimum atomic E-state index is 0.149. The molecular weight excluding hydrogens is 288 g/mol. The second kappa shape index (κ2) is 8.39. The smallest absolute Gasteiger partial charge is 0.119 e. The molecule has 3 heteroatoms. The van der Waals surface area contributed by atoms with Gasteiger partial charge in [-0.05, 0) is 63.3 Å². The topological polar surface area (TPSA) is 31.0 Å². The summed E-state index contributed by atoms with van der Waals surface area (Å²) in [7, 11) is 1.67. The fourth-order valence-electron chi connectivity index (χ4n) is 2.82. The van der Waals surface area contributed by atoms with Gasteiger partial charge in [-0.1, -0.05) is 25.5 Å². The number of allylic oxidation sites excluding steroid dienone is 1. The highest BCUT2D eigenvalue weighted by Gasteiger charge is 2.49. The molecule has 1 saturated heterocycles. The molecule has 1 aromatic rings. The maximum Gasteiger partial charge on any atom is 0.119 e. The van der Waals surface area contributed by atoms with Gasteiger partial charge in [-0.3, -0.25) is 0 Å². The second-order valence-electron chi connectivity index (χ2n) is 6.34. The van der Waals surface area contributed by atoms with E-state index in [0.717, 1.165) is 43.6 Å². The highest BCUT2D eigenvalue weighted by atomic mass is 16.6. The zero-order valence-electron chi connectivity index (χ0n) is 14.9. The van der Waals surface area contributed by atoms with Crippen LogP contribution in [0.25, 0.3) is 0 Å². The summed E-state index contributed by atoms with van der Waals surface area (Å²) < 4.78 is 16.7. The van der Waals surface area contributed by atoms with E-state index in [1.807, 2.05) is 24.3 Å². The minimum absolute atomic E-state index is 0.149. The van der Waals surface area contributed by atoms with E-state index in [-0.39, 0.29) is 5.60 Å². The summed E-state index contributed by atoms with van der Waals surface area (Å²) in [5.74, 6) is 1.74. The monoisotopic (exact) mass is 318 g/mol. The first-order chi connectivity index (χ1) is 11.1. The van der Waals surface area contributed by atoms with Crippen molar-refractivity contribution in [3.63, 3.8) is 0 Å². The van der Waals surface area contributed by atoms with Crippen LogP contribution in [0.2, 0.25) is 0 Å². The van der Waals surface area contributed by atoms with Gasteiger partial charge in [-0.25, -0.2) is 0 Å². The Morgan fingerprint density at radius 2 is 1.91 bits per heavy atom. The maximum atomic E-state index is 5.79. The highest BCUT2D eigenvalue weighted by molar-refractivity contribution is 5.31. The van der Waals surface area contributed by atoms with Crippen LogP contribution in [-0.4, -0.2) is 25.4 Å². The van der Waals surface area contributed by atoms with Crippen LogP contribution in [0.4, 0.5) is 0 Å². The molecule has 3 nitrogen and oxygen atoms in total. The van der Waals surface area contributed by atoms with Gasteiger partial charge in [0, 0.05) is 0 Å². The van der Waals surface area contributed by atoms with Crippen LogP contribution in [-0.2, 0) is 4.74 Å². The van der Waals surface area contributed by atoms with Crippen LogP contribution >= 0.6 is 0 Å². The number of methoxy groups -OCH3 is 1. The molecular formula is C20H30O3. The fourth-order valence-corrected chi connectivity index (χ4v) is 2.82. The molecule has 0 saturated carbocycles. The molecule has 1 aromatic carbocycles. The molecule has 2 rings (SSSR count). The van der Waals surface area contributed by atoms with Crippen LogP contribution in [0.5, 0.6) is 11.5 Å². The van der Waals surface area contributed by atoms with Crippen molar-refractivity contribution < 1.29 is 14.2 Å². The number of hydrogen-bond donors (Lipinski definition) is 0. The van der Waals surface area contributed by atoms with E-state index < -0.39 is 0 Å². The molecule has 2 unspecified atom stereocenters. The quantitative estimate of drug-likeness (QED) is 0.340. The highest BCUT2D eigenvalue weighted by Crippen LogP contribution is 2.42. The van der Waals surface area contributed by atoms with Crippen LogP contribution in [0, 0.1) is 0 Å². The van der Waals surface area contributed by atoms with Crippen molar-refractivity contribution >= 4 is 0 Å². The van der Waals surface area contributed by atoms with Crippen molar-refractivity contribution in [2.24, 2.45) is 0 Å². The molecule has 23 heavy (non-hydrogen) atoms. The van der Waals surface area contributed by atoms with Gasteiger partial charge in [0.2, 0.25) is 0 Å². The average molecular weight is 318 g/mol. The van der Waals surface area contributed by atoms with Gasteiger partial charge >= 0.3 is 0 Å². The summed E-state index contributed by atoms with van der Waals surface area (Å²) >= 11 is 0. The predicted octanol–water partition coefficient (Wildman–Crippen LogP) is 5.15. The van der Waals surface area contributed by atoms with Crippen LogP contribution in [0.15, 0.2) is 35.9 Å². The Bertz CT molecular complexity index is 506. The van der Waals surface area contributed by atoms with Gasteiger partial charge in [-0.2, -0.15) is 0 Å². The Morgan fingerprint density at radius 1 is 1.22 bits per heavy atom. The Labute approximate surface area is 140 Å². The van der Waals surface area contributed by atoms with Gasteiger partial charge in [0.25, 0.3) is 0 Å². The summed E-state index contributed by atoms with van der Waals surface area (Å²) in [6, 6.07) is 7.73. The molecule has 0 aromatic heterocycles. The van der Waals surface area contributed by atoms with Gasteiger partial charge in [0.15, 0.2) is 0 Å². The first-order valence-electron chi connectivity index (χ1n) is 8.74.